The Hall–Kier alpha value is -3.72. The van der Waals surface area contributed by atoms with Gasteiger partial charge in [0, 0.05) is 35.1 Å². The number of nitrogens with one attached hydrogen (secondary N) is 1. The summed E-state index contributed by atoms with van der Waals surface area (Å²) in [6.45, 7) is 5.71. The van der Waals surface area contributed by atoms with Gasteiger partial charge >= 0.3 is 0 Å². The van der Waals surface area contributed by atoms with E-state index < -0.39 is 0 Å². The number of hydrogen-bond donors (Lipinski definition) is 1. The van der Waals surface area contributed by atoms with E-state index in [0.717, 1.165) is 53.1 Å². The Morgan fingerprint density at radius 2 is 1.85 bits per heavy atom. The summed E-state index contributed by atoms with van der Waals surface area (Å²) in [5, 5.41) is 14.0. The van der Waals surface area contributed by atoms with Gasteiger partial charge in [0.05, 0.1) is 25.8 Å². The average molecular weight is 531 g/mol. The van der Waals surface area contributed by atoms with Crippen LogP contribution in [0.2, 0.25) is 0 Å². The number of benzene rings is 2. The summed E-state index contributed by atoms with van der Waals surface area (Å²) in [7, 11) is 1.69. The number of para-hydroxylation sites is 1. The molecule has 0 unspecified atom stereocenters. The van der Waals surface area contributed by atoms with Crippen molar-refractivity contribution in [1.29, 1.82) is 0 Å². The molecule has 5 rings (SSSR count). The van der Waals surface area contributed by atoms with Crippen molar-refractivity contribution in [2.75, 3.05) is 13.7 Å². The number of aromatic amines is 1. The lowest BCUT2D eigenvalue weighted by Gasteiger charge is -2.32. The predicted octanol–water partition coefficient (Wildman–Crippen LogP) is 5.58. The average Bonchev–Trinajstić information content (AvgIpc) is 3.44. The van der Waals surface area contributed by atoms with Crippen molar-refractivity contribution in [1.82, 2.24) is 30.1 Å². The van der Waals surface area contributed by atoms with Crippen LogP contribution in [0.4, 0.5) is 0 Å². The Morgan fingerprint density at radius 1 is 1.05 bits per heavy atom. The van der Waals surface area contributed by atoms with E-state index in [-0.39, 0.29) is 11.6 Å². The van der Waals surface area contributed by atoms with Gasteiger partial charge in [0.15, 0.2) is 5.82 Å². The van der Waals surface area contributed by atoms with Crippen LogP contribution in [0.25, 0.3) is 10.9 Å². The van der Waals surface area contributed by atoms with E-state index in [0.29, 0.717) is 31.3 Å². The lowest BCUT2D eigenvalue weighted by molar-refractivity contribution is 0.153. The molecule has 1 atom stereocenters. The number of tetrazole rings is 1. The van der Waals surface area contributed by atoms with Crippen molar-refractivity contribution in [3.8, 4) is 11.5 Å². The standard InChI is InChI=1S/C30H38N6O3/c1-4-27(29-32-33-34-36(29)24-12-7-6-8-13-24)35(19-21-11-9-10-14-28(21)38-3)20-23-17-22-18-25(39-5-2)15-16-26(22)31-30(23)37/h9-11,14-18,24,27H,4-8,12-13,19-20H2,1-3H3,(H,31,37)/t27-/m0/s1. The minimum Gasteiger partial charge on any atom is -0.496 e. The number of nitrogens with zero attached hydrogens (tertiary/aromatic N) is 5. The maximum absolute atomic E-state index is 13.3. The summed E-state index contributed by atoms with van der Waals surface area (Å²) in [6.07, 6.45) is 6.63. The lowest BCUT2D eigenvalue weighted by atomic mass is 9.95. The second-order valence-corrected chi connectivity index (χ2v) is 10.2. The van der Waals surface area contributed by atoms with Crippen molar-refractivity contribution in [2.45, 2.75) is 77.5 Å². The third-order valence-corrected chi connectivity index (χ3v) is 7.71. The number of fused-ring (bicyclic) bond motifs is 1. The van der Waals surface area contributed by atoms with Crippen molar-refractivity contribution >= 4 is 10.9 Å². The zero-order valence-corrected chi connectivity index (χ0v) is 23.1. The van der Waals surface area contributed by atoms with Crippen LogP contribution in [0.3, 0.4) is 0 Å². The van der Waals surface area contributed by atoms with Gasteiger partial charge in [-0.05, 0) is 66.9 Å². The van der Waals surface area contributed by atoms with Crippen LogP contribution in [0.5, 0.6) is 11.5 Å². The fourth-order valence-corrected chi connectivity index (χ4v) is 5.76. The number of aromatic nitrogens is 5. The second-order valence-electron chi connectivity index (χ2n) is 10.2. The molecular formula is C30H38N6O3. The molecule has 0 amide bonds. The molecule has 2 aromatic carbocycles. The molecule has 9 heteroatoms. The van der Waals surface area contributed by atoms with Crippen LogP contribution in [0, 0.1) is 0 Å². The van der Waals surface area contributed by atoms with Gasteiger partial charge in [-0.15, -0.1) is 5.10 Å². The van der Waals surface area contributed by atoms with E-state index in [4.69, 9.17) is 9.47 Å². The first-order valence-corrected chi connectivity index (χ1v) is 14.0. The number of H-pyrrole nitrogens is 1. The fourth-order valence-electron chi connectivity index (χ4n) is 5.76. The molecule has 4 aromatic rings. The summed E-state index contributed by atoms with van der Waals surface area (Å²) in [6, 6.07) is 16.0. The molecule has 0 radical (unpaired) electrons. The van der Waals surface area contributed by atoms with Crippen molar-refractivity contribution in [2.24, 2.45) is 0 Å². The molecule has 1 aliphatic carbocycles. The fraction of sp³-hybridized carbons (Fsp3) is 0.467. The van der Waals surface area contributed by atoms with Crippen LogP contribution < -0.4 is 15.0 Å². The number of hydrogen-bond acceptors (Lipinski definition) is 7. The summed E-state index contributed by atoms with van der Waals surface area (Å²) < 4.78 is 13.4. The number of rotatable bonds is 11. The summed E-state index contributed by atoms with van der Waals surface area (Å²) in [5.74, 6) is 2.46. The summed E-state index contributed by atoms with van der Waals surface area (Å²) in [5.41, 5.74) is 2.42. The molecule has 0 saturated heterocycles. The zero-order valence-electron chi connectivity index (χ0n) is 23.1. The number of methoxy groups -OCH3 is 1. The smallest absolute Gasteiger partial charge is 0.252 e. The third-order valence-electron chi connectivity index (χ3n) is 7.71. The van der Waals surface area contributed by atoms with Crippen molar-refractivity contribution in [3.05, 3.63) is 75.8 Å². The molecule has 1 aliphatic rings. The van der Waals surface area contributed by atoms with Gasteiger partial charge in [-0.25, -0.2) is 4.68 Å². The van der Waals surface area contributed by atoms with Gasteiger partial charge in [-0.2, -0.15) is 0 Å². The van der Waals surface area contributed by atoms with Gasteiger partial charge in [-0.1, -0.05) is 44.4 Å². The van der Waals surface area contributed by atoms with E-state index in [1.54, 1.807) is 7.11 Å². The molecule has 0 spiro atoms. The molecule has 1 saturated carbocycles. The normalized spacial score (nSPS) is 15.1. The highest BCUT2D eigenvalue weighted by Crippen LogP contribution is 2.33. The van der Waals surface area contributed by atoms with Crippen LogP contribution in [0.15, 0.2) is 53.3 Å². The maximum Gasteiger partial charge on any atom is 0.252 e. The highest BCUT2D eigenvalue weighted by molar-refractivity contribution is 5.80. The van der Waals surface area contributed by atoms with Crippen molar-refractivity contribution in [3.63, 3.8) is 0 Å². The minimum absolute atomic E-state index is 0.0864. The SMILES string of the molecule is CCOc1ccc2[nH]c(=O)c(CN(Cc3ccccc3OC)[C@@H](CC)c3nnnn3C3CCCCC3)cc2c1. The second kappa shape index (κ2) is 12.4. The Bertz CT molecular complexity index is 1440. The molecular weight excluding hydrogens is 492 g/mol. The first-order chi connectivity index (χ1) is 19.1. The van der Waals surface area contributed by atoms with E-state index >= 15 is 0 Å². The summed E-state index contributed by atoms with van der Waals surface area (Å²) in [4.78, 5) is 18.6. The number of ether oxygens (including phenoxy) is 2. The van der Waals surface area contributed by atoms with Gasteiger partial charge in [0.25, 0.3) is 5.56 Å². The molecule has 2 aromatic heterocycles. The highest BCUT2D eigenvalue weighted by Gasteiger charge is 2.29. The molecule has 206 valence electrons. The molecule has 2 heterocycles. The Morgan fingerprint density at radius 3 is 2.62 bits per heavy atom. The molecule has 39 heavy (non-hydrogen) atoms. The van der Waals surface area contributed by atoms with Gasteiger partial charge < -0.3 is 14.5 Å². The molecule has 0 bridgehead atoms. The van der Waals surface area contributed by atoms with Gasteiger partial charge in [0.1, 0.15) is 11.5 Å². The van der Waals surface area contributed by atoms with E-state index in [2.05, 4.69) is 38.4 Å². The van der Waals surface area contributed by atoms with E-state index in [1.807, 2.05) is 54.1 Å². The van der Waals surface area contributed by atoms with Crippen LogP contribution in [-0.4, -0.2) is 43.8 Å². The first kappa shape index (κ1) is 26.9. The topological polar surface area (TPSA) is 98.2 Å². The van der Waals surface area contributed by atoms with Crippen LogP contribution in [-0.2, 0) is 13.1 Å². The summed E-state index contributed by atoms with van der Waals surface area (Å²) >= 11 is 0. The Balaban J connectivity index is 1.54. The zero-order chi connectivity index (χ0) is 27.2. The molecule has 1 N–H and O–H groups in total. The monoisotopic (exact) mass is 530 g/mol. The van der Waals surface area contributed by atoms with E-state index in [1.165, 1.54) is 19.3 Å². The van der Waals surface area contributed by atoms with Gasteiger partial charge in [-0.3, -0.25) is 9.69 Å². The van der Waals surface area contributed by atoms with Crippen LogP contribution in [0.1, 0.15) is 81.4 Å². The quantitative estimate of drug-likeness (QED) is 0.270. The van der Waals surface area contributed by atoms with Gasteiger partial charge in [0.2, 0.25) is 0 Å². The molecule has 0 aliphatic heterocycles. The Labute approximate surface area is 229 Å². The largest absolute Gasteiger partial charge is 0.496 e. The molecule has 1 fully saturated rings. The highest BCUT2D eigenvalue weighted by atomic mass is 16.5. The van der Waals surface area contributed by atoms with Crippen molar-refractivity contribution < 1.29 is 9.47 Å². The lowest BCUT2D eigenvalue weighted by Crippen LogP contribution is -2.33. The number of pyridine rings is 1. The maximum atomic E-state index is 13.3. The molecule has 9 nitrogen and oxygen atoms in total. The minimum atomic E-state index is -0.0987. The van der Waals surface area contributed by atoms with Crippen LogP contribution >= 0.6 is 0 Å². The first-order valence-electron chi connectivity index (χ1n) is 14.0. The third kappa shape index (κ3) is 5.98. The predicted molar refractivity (Wildman–Crippen MR) is 151 cm³/mol. The van der Waals surface area contributed by atoms with E-state index in [9.17, 15) is 4.79 Å². The Kier molecular flexibility index (Phi) is 8.56.